The summed E-state index contributed by atoms with van der Waals surface area (Å²) < 4.78 is 22.8. The molecule has 120 valence electrons. The minimum atomic E-state index is -2.53. The Bertz CT molecular complexity index is 270. The predicted octanol–water partition coefficient (Wildman–Crippen LogP) is 3.34. The van der Waals surface area contributed by atoms with Gasteiger partial charge in [-0.3, -0.25) is 9.35 Å². The SMILES string of the molecule is CCCCCCCCCCCC(=O)CC(O)OS(=O)O. The summed E-state index contributed by atoms with van der Waals surface area (Å²) >= 11 is -2.53. The first-order valence-corrected chi connectivity index (χ1v) is 8.57. The number of hydrogen-bond donors (Lipinski definition) is 2. The second kappa shape index (κ2) is 13.7. The van der Waals surface area contributed by atoms with Gasteiger partial charge in [0.1, 0.15) is 5.78 Å². The third kappa shape index (κ3) is 14.1. The van der Waals surface area contributed by atoms with Crippen LogP contribution in [0.1, 0.15) is 77.6 Å². The molecule has 0 bridgehead atoms. The van der Waals surface area contributed by atoms with Crippen LogP contribution in [0.4, 0.5) is 0 Å². The summed E-state index contributed by atoms with van der Waals surface area (Å²) in [5.41, 5.74) is 0. The summed E-state index contributed by atoms with van der Waals surface area (Å²) in [4.78, 5) is 11.4. The van der Waals surface area contributed by atoms with Crippen molar-refractivity contribution in [1.82, 2.24) is 0 Å². The third-order valence-electron chi connectivity index (χ3n) is 3.15. The lowest BCUT2D eigenvalue weighted by atomic mass is 10.0. The number of ketones is 1. The summed E-state index contributed by atoms with van der Waals surface area (Å²) in [6.07, 6.45) is 9.34. The molecule has 0 aromatic rings. The van der Waals surface area contributed by atoms with Crippen LogP contribution in [0.15, 0.2) is 0 Å². The number of rotatable bonds is 14. The number of carbonyl (C=O) groups excluding carboxylic acids is 1. The normalized spacial score (nSPS) is 14.2. The fourth-order valence-electron chi connectivity index (χ4n) is 2.06. The molecular formula is C14H28O5S. The Morgan fingerprint density at radius 1 is 1.05 bits per heavy atom. The maximum Gasteiger partial charge on any atom is 0.304 e. The van der Waals surface area contributed by atoms with Gasteiger partial charge in [0, 0.05) is 6.42 Å². The number of Topliss-reactive ketones (excluding diaryl/α,β-unsaturated/α-hetero) is 1. The molecule has 5 nitrogen and oxygen atoms in total. The molecule has 0 aromatic carbocycles. The highest BCUT2D eigenvalue weighted by molar-refractivity contribution is 7.74. The lowest BCUT2D eigenvalue weighted by Crippen LogP contribution is -2.18. The average molecular weight is 308 g/mol. The number of unbranched alkanes of at least 4 members (excludes halogenated alkanes) is 8. The van der Waals surface area contributed by atoms with E-state index < -0.39 is 17.7 Å². The van der Waals surface area contributed by atoms with Gasteiger partial charge in [-0.15, -0.1) is 0 Å². The van der Waals surface area contributed by atoms with E-state index in [1.165, 1.54) is 38.5 Å². The van der Waals surface area contributed by atoms with Gasteiger partial charge in [-0.2, -0.15) is 4.21 Å². The van der Waals surface area contributed by atoms with Crippen molar-refractivity contribution in [2.24, 2.45) is 0 Å². The minimum Gasteiger partial charge on any atom is -0.367 e. The number of aliphatic hydroxyl groups excluding tert-OH is 1. The van der Waals surface area contributed by atoms with Crippen LogP contribution in [-0.2, 0) is 20.3 Å². The van der Waals surface area contributed by atoms with Crippen molar-refractivity contribution in [3.8, 4) is 0 Å². The van der Waals surface area contributed by atoms with Crippen LogP contribution in [0, 0.1) is 0 Å². The fraction of sp³-hybridized carbons (Fsp3) is 0.929. The molecule has 0 saturated heterocycles. The van der Waals surface area contributed by atoms with Crippen molar-refractivity contribution in [2.45, 2.75) is 83.8 Å². The third-order valence-corrected chi connectivity index (χ3v) is 3.54. The first-order chi connectivity index (χ1) is 9.56. The lowest BCUT2D eigenvalue weighted by molar-refractivity contribution is -0.125. The Labute approximate surface area is 124 Å². The molecule has 2 unspecified atom stereocenters. The first-order valence-electron chi connectivity index (χ1n) is 7.54. The largest absolute Gasteiger partial charge is 0.367 e. The Hall–Kier alpha value is -0.300. The quantitative estimate of drug-likeness (QED) is 0.292. The highest BCUT2D eigenvalue weighted by Crippen LogP contribution is 2.11. The van der Waals surface area contributed by atoms with E-state index >= 15 is 0 Å². The molecule has 6 heteroatoms. The van der Waals surface area contributed by atoms with Gasteiger partial charge in [-0.05, 0) is 6.42 Å². The van der Waals surface area contributed by atoms with Crippen molar-refractivity contribution in [1.29, 1.82) is 0 Å². The van der Waals surface area contributed by atoms with Crippen LogP contribution in [0.25, 0.3) is 0 Å². The maximum absolute atomic E-state index is 11.4. The van der Waals surface area contributed by atoms with Crippen LogP contribution in [0.5, 0.6) is 0 Å². The van der Waals surface area contributed by atoms with E-state index in [4.69, 9.17) is 9.66 Å². The van der Waals surface area contributed by atoms with Gasteiger partial charge in [0.15, 0.2) is 6.29 Å². The zero-order chi connectivity index (χ0) is 15.2. The van der Waals surface area contributed by atoms with Gasteiger partial charge in [0.2, 0.25) is 0 Å². The minimum absolute atomic E-state index is 0.133. The molecule has 0 aliphatic heterocycles. The molecule has 0 saturated carbocycles. The van der Waals surface area contributed by atoms with Crippen LogP contribution in [0.3, 0.4) is 0 Å². The van der Waals surface area contributed by atoms with Crippen LogP contribution < -0.4 is 0 Å². The predicted molar refractivity (Wildman–Crippen MR) is 79.3 cm³/mol. The molecule has 0 amide bonds. The van der Waals surface area contributed by atoms with E-state index in [1.807, 2.05) is 0 Å². The van der Waals surface area contributed by atoms with Crippen LogP contribution in [0.2, 0.25) is 0 Å². The highest BCUT2D eigenvalue weighted by Gasteiger charge is 2.13. The second-order valence-corrected chi connectivity index (χ2v) is 5.72. The summed E-state index contributed by atoms with van der Waals surface area (Å²) in [5.74, 6) is -0.133. The zero-order valence-corrected chi connectivity index (χ0v) is 13.2. The summed E-state index contributed by atoms with van der Waals surface area (Å²) in [7, 11) is 0. The number of carbonyl (C=O) groups is 1. The molecule has 2 atom stereocenters. The van der Waals surface area contributed by atoms with E-state index in [0.717, 1.165) is 19.3 Å². The van der Waals surface area contributed by atoms with Crippen LogP contribution in [-0.4, -0.2) is 25.9 Å². The molecule has 0 spiro atoms. The molecule has 0 rings (SSSR count). The Balaban J connectivity index is 3.33. The van der Waals surface area contributed by atoms with Crippen molar-refractivity contribution >= 4 is 17.1 Å². The summed E-state index contributed by atoms with van der Waals surface area (Å²) in [5, 5.41) is 9.14. The monoisotopic (exact) mass is 308 g/mol. The summed E-state index contributed by atoms with van der Waals surface area (Å²) in [6, 6.07) is 0. The van der Waals surface area contributed by atoms with E-state index in [-0.39, 0.29) is 12.2 Å². The molecule has 0 aromatic heterocycles. The zero-order valence-electron chi connectivity index (χ0n) is 12.4. The highest BCUT2D eigenvalue weighted by atomic mass is 32.2. The molecule has 0 aliphatic carbocycles. The van der Waals surface area contributed by atoms with Gasteiger partial charge in [0.05, 0.1) is 6.42 Å². The van der Waals surface area contributed by atoms with Gasteiger partial charge in [-0.1, -0.05) is 58.3 Å². The van der Waals surface area contributed by atoms with Crippen molar-refractivity contribution < 1.29 is 22.8 Å². The second-order valence-electron chi connectivity index (χ2n) is 5.09. The van der Waals surface area contributed by atoms with Gasteiger partial charge in [0.25, 0.3) is 0 Å². The van der Waals surface area contributed by atoms with Gasteiger partial charge in [-0.25, -0.2) is 4.18 Å². The van der Waals surface area contributed by atoms with Crippen molar-refractivity contribution in [2.75, 3.05) is 0 Å². The van der Waals surface area contributed by atoms with E-state index in [9.17, 15) is 9.00 Å². The van der Waals surface area contributed by atoms with E-state index in [0.29, 0.717) is 6.42 Å². The average Bonchev–Trinajstić information content (AvgIpc) is 2.35. The van der Waals surface area contributed by atoms with Gasteiger partial charge >= 0.3 is 11.4 Å². The Morgan fingerprint density at radius 3 is 2.05 bits per heavy atom. The van der Waals surface area contributed by atoms with E-state index in [2.05, 4.69) is 11.1 Å². The molecular weight excluding hydrogens is 280 g/mol. The standard InChI is InChI=1S/C14H28O5S/c1-2-3-4-5-6-7-8-9-10-11-13(15)12-14(16)19-20(17)18/h14,16H,2-12H2,1H3,(H,17,18). The molecule has 2 N–H and O–H groups in total. The fourth-order valence-corrected chi connectivity index (χ4v) is 2.32. The molecule has 20 heavy (non-hydrogen) atoms. The lowest BCUT2D eigenvalue weighted by Gasteiger charge is -2.07. The van der Waals surface area contributed by atoms with Crippen LogP contribution >= 0.6 is 0 Å². The van der Waals surface area contributed by atoms with Gasteiger partial charge < -0.3 is 5.11 Å². The number of hydrogen-bond acceptors (Lipinski definition) is 4. The molecule has 0 heterocycles. The molecule has 0 aliphatic rings. The first kappa shape index (κ1) is 19.7. The molecule has 0 fully saturated rings. The van der Waals surface area contributed by atoms with Crippen molar-refractivity contribution in [3.63, 3.8) is 0 Å². The Kier molecular flexibility index (Phi) is 13.5. The maximum atomic E-state index is 11.4. The van der Waals surface area contributed by atoms with Crippen molar-refractivity contribution in [3.05, 3.63) is 0 Å². The summed E-state index contributed by atoms with van der Waals surface area (Å²) in [6.45, 7) is 2.21. The smallest absolute Gasteiger partial charge is 0.304 e. The van der Waals surface area contributed by atoms with E-state index in [1.54, 1.807) is 0 Å². The molecule has 0 radical (unpaired) electrons. The topological polar surface area (TPSA) is 83.8 Å². The Morgan fingerprint density at radius 2 is 1.55 bits per heavy atom. The number of aliphatic hydroxyl groups is 1.